The van der Waals surface area contributed by atoms with E-state index in [9.17, 15) is 14.7 Å². The van der Waals surface area contributed by atoms with E-state index in [0.717, 1.165) is 31.2 Å². The van der Waals surface area contributed by atoms with Crippen molar-refractivity contribution in [1.82, 2.24) is 10.6 Å². The number of amides is 3. The number of phenolic OH excluding ortho intramolecular Hbond substituents is 1. The van der Waals surface area contributed by atoms with E-state index in [2.05, 4.69) is 36.7 Å². The smallest absolute Gasteiger partial charge is 0.315 e. The Balaban J connectivity index is 1.77. The van der Waals surface area contributed by atoms with Crippen LogP contribution in [0.5, 0.6) is 5.75 Å². The quantitative estimate of drug-likeness (QED) is 0.603. The topological polar surface area (TPSA) is 90.5 Å². The fourth-order valence-corrected chi connectivity index (χ4v) is 3.09. The number of carbonyl (C=O) groups is 2. The Morgan fingerprint density at radius 1 is 1.15 bits per heavy atom. The van der Waals surface area contributed by atoms with Gasteiger partial charge in [-0.1, -0.05) is 46.1 Å². The van der Waals surface area contributed by atoms with Crippen LogP contribution in [0.3, 0.4) is 0 Å². The molecule has 1 aromatic carbocycles. The predicted octanol–water partition coefficient (Wildman–Crippen LogP) is 3.65. The van der Waals surface area contributed by atoms with Crippen LogP contribution in [0.2, 0.25) is 0 Å². The number of phenols is 1. The number of hydrogen-bond donors (Lipinski definition) is 4. The highest BCUT2D eigenvalue weighted by Crippen LogP contribution is 2.30. The van der Waals surface area contributed by atoms with Crippen molar-refractivity contribution in [2.45, 2.75) is 70.8 Å². The summed E-state index contributed by atoms with van der Waals surface area (Å²) in [7, 11) is 0. The number of benzene rings is 1. The molecule has 0 atom stereocenters. The molecule has 3 amide bonds. The first-order chi connectivity index (χ1) is 12.3. The molecule has 1 aliphatic carbocycles. The second kappa shape index (κ2) is 8.92. The second-order valence-electron chi connectivity index (χ2n) is 8.02. The van der Waals surface area contributed by atoms with Gasteiger partial charge in [0, 0.05) is 19.0 Å². The Morgan fingerprint density at radius 2 is 1.85 bits per heavy atom. The summed E-state index contributed by atoms with van der Waals surface area (Å²) in [6.07, 6.45) is 5.75. The summed E-state index contributed by atoms with van der Waals surface area (Å²) in [6.45, 7) is 6.46. The van der Waals surface area contributed by atoms with Crippen molar-refractivity contribution >= 4 is 17.6 Å². The first kappa shape index (κ1) is 20.1. The molecule has 1 aliphatic rings. The van der Waals surface area contributed by atoms with Gasteiger partial charge < -0.3 is 21.1 Å². The highest BCUT2D eigenvalue weighted by Gasteiger charge is 2.17. The van der Waals surface area contributed by atoms with Gasteiger partial charge in [0.25, 0.3) is 0 Å². The summed E-state index contributed by atoms with van der Waals surface area (Å²) in [4.78, 5) is 24.0. The zero-order valence-electron chi connectivity index (χ0n) is 16.0. The summed E-state index contributed by atoms with van der Waals surface area (Å²) in [5.41, 5.74) is 1.34. The van der Waals surface area contributed by atoms with Gasteiger partial charge in [0.15, 0.2) is 0 Å². The third-order valence-electron chi connectivity index (χ3n) is 4.71. The molecule has 0 aliphatic heterocycles. The predicted molar refractivity (Wildman–Crippen MR) is 103 cm³/mol. The first-order valence-corrected chi connectivity index (χ1v) is 9.43. The molecule has 2 rings (SSSR count). The molecule has 0 aromatic heterocycles. The maximum Gasteiger partial charge on any atom is 0.315 e. The molecule has 0 unspecified atom stereocenters. The Kier molecular flexibility index (Phi) is 6.89. The average Bonchev–Trinajstić information content (AvgIpc) is 2.56. The maximum atomic E-state index is 12.1. The van der Waals surface area contributed by atoms with Gasteiger partial charge in [0.2, 0.25) is 5.91 Å². The lowest BCUT2D eigenvalue weighted by molar-refractivity contribution is -0.116. The van der Waals surface area contributed by atoms with Crippen LogP contribution in [0.25, 0.3) is 0 Å². The monoisotopic (exact) mass is 361 g/mol. The lowest BCUT2D eigenvalue weighted by atomic mass is 9.87. The number of urea groups is 1. The summed E-state index contributed by atoms with van der Waals surface area (Å²) >= 11 is 0. The second-order valence-corrected chi connectivity index (χ2v) is 8.02. The molecule has 1 fully saturated rings. The minimum Gasteiger partial charge on any atom is -0.506 e. The zero-order valence-corrected chi connectivity index (χ0v) is 16.0. The van der Waals surface area contributed by atoms with Gasteiger partial charge >= 0.3 is 6.03 Å². The number of nitrogens with one attached hydrogen (secondary N) is 3. The lowest BCUT2D eigenvalue weighted by Crippen LogP contribution is -2.43. The SMILES string of the molecule is CC(C)(C)c1ccc(O)c(NC(=O)CCNC(=O)NC2CCCCC2)c1. The Hall–Kier alpha value is -2.24. The van der Waals surface area contributed by atoms with Gasteiger partial charge in [-0.15, -0.1) is 0 Å². The normalized spacial score (nSPS) is 15.3. The fourth-order valence-electron chi connectivity index (χ4n) is 3.09. The molecule has 0 bridgehead atoms. The highest BCUT2D eigenvalue weighted by atomic mass is 16.3. The molecule has 0 saturated heterocycles. The van der Waals surface area contributed by atoms with E-state index in [1.165, 1.54) is 6.42 Å². The van der Waals surface area contributed by atoms with Crippen LogP contribution in [0, 0.1) is 0 Å². The molecule has 0 radical (unpaired) electrons. The van der Waals surface area contributed by atoms with Crippen LogP contribution in [-0.4, -0.2) is 29.6 Å². The number of carbonyl (C=O) groups excluding carboxylic acids is 2. The molecule has 1 aromatic rings. The molecule has 1 saturated carbocycles. The zero-order chi connectivity index (χ0) is 19.2. The van der Waals surface area contributed by atoms with Crippen molar-refractivity contribution in [3.63, 3.8) is 0 Å². The summed E-state index contributed by atoms with van der Waals surface area (Å²) < 4.78 is 0. The lowest BCUT2D eigenvalue weighted by Gasteiger charge is -2.22. The number of anilines is 1. The van der Waals surface area contributed by atoms with Crippen molar-refractivity contribution in [2.75, 3.05) is 11.9 Å². The van der Waals surface area contributed by atoms with Crippen LogP contribution in [0.15, 0.2) is 18.2 Å². The van der Waals surface area contributed by atoms with Gasteiger partial charge in [-0.3, -0.25) is 4.79 Å². The van der Waals surface area contributed by atoms with E-state index >= 15 is 0 Å². The van der Waals surface area contributed by atoms with Gasteiger partial charge in [0.05, 0.1) is 5.69 Å². The summed E-state index contributed by atoms with van der Waals surface area (Å²) in [5, 5.41) is 18.3. The first-order valence-electron chi connectivity index (χ1n) is 9.43. The molecule has 6 heteroatoms. The molecule has 144 valence electrons. The van der Waals surface area contributed by atoms with Crippen LogP contribution in [0.1, 0.15) is 64.9 Å². The van der Waals surface area contributed by atoms with Crippen LogP contribution < -0.4 is 16.0 Å². The molecule has 4 N–H and O–H groups in total. The highest BCUT2D eigenvalue weighted by molar-refractivity contribution is 5.92. The van der Waals surface area contributed by atoms with E-state index in [1.54, 1.807) is 12.1 Å². The van der Waals surface area contributed by atoms with Crippen molar-refractivity contribution in [3.05, 3.63) is 23.8 Å². The van der Waals surface area contributed by atoms with Crippen LogP contribution in [0.4, 0.5) is 10.5 Å². The minimum absolute atomic E-state index is 0.0364. The van der Waals surface area contributed by atoms with E-state index in [1.807, 2.05) is 6.07 Å². The van der Waals surface area contributed by atoms with Crippen molar-refractivity contribution in [3.8, 4) is 5.75 Å². The molecular weight excluding hydrogens is 330 g/mol. The molecule has 0 heterocycles. The van der Waals surface area contributed by atoms with Gasteiger partial charge in [-0.05, 0) is 36.0 Å². The van der Waals surface area contributed by atoms with E-state index in [-0.39, 0.29) is 42.1 Å². The molecule has 0 spiro atoms. The van der Waals surface area contributed by atoms with Crippen LogP contribution in [-0.2, 0) is 10.2 Å². The van der Waals surface area contributed by atoms with E-state index in [0.29, 0.717) is 5.69 Å². The Morgan fingerprint density at radius 3 is 2.50 bits per heavy atom. The van der Waals surface area contributed by atoms with Crippen molar-refractivity contribution in [1.29, 1.82) is 0 Å². The molecule has 6 nitrogen and oxygen atoms in total. The minimum atomic E-state index is -0.246. The van der Waals surface area contributed by atoms with Gasteiger partial charge in [0.1, 0.15) is 5.75 Å². The average molecular weight is 361 g/mol. The van der Waals surface area contributed by atoms with E-state index in [4.69, 9.17) is 0 Å². The van der Waals surface area contributed by atoms with Crippen LogP contribution >= 0.6 is 0 Å². The molecular formula is C20H31N3O3. The van der Waals surface area contributed by atoms with Crippen molar-refractivity contribution < 1.29 is 14.7 Å². The summed E-state index contributed by atoms with van der Waals surface area (Å²) in [6, 6.07) is 5.25. The largest absolute Gasteiger partial charge is 0.506 e. The Labute approximate surface area is 155 Å². The fraction of sp³-hybridized carbons (Fsp3) is 0.600. The molecule has 26 heavy (non-hydrogen) atoms. The third kappa shape index (κ3) is 6.24. The number of hydrogen-bond acceptors (Lipinski definition) is 3. The van der Waals surface area contributed by atoms with E-state index < -0.39 is 0 Å². The number of aromatic hydroxyl groups is 1. The number of rotatable bonds is 5. The standard InChI is InChI=1S/C20H31N3O3/c1-20(2,3)14-9-10-17(24)16(13-14)23-18(25)11-12-21-19(26)22-15-7-5-4-6-8-15/h9-10,13,15,24H,4-8,11-12H2,1-3H3,(H,23,25)(H2,21,22,26). The van der Waals surface area contributed by atoms with Crippen molar-refractivity contribution in [2.24, 2.45) is 0 Å². The summed E-state index contributed by atoms with van der Waals surface area (Å²) in [5.74, 6) is -0.210. The van der Waals surface area contributed by atoms with Gasteiger partial charge in [-0.25, -0.2) is 4.79 Å². The van der Waals surface area contributed by atoms with Gasteiger partial charge in [-0.2, -0.15) is 0 Å². The Bertz CT molecular complexity index is 632. The third-order valence-corrected chi connectivity index (χ3v) is 4.71. The maximum absolute atomic E-state index is 12.1.